The van der Waals surface area contributed by atoms with Gasteiger partial charge in [-0.25, -0.2) is 0 Å². The minimum absolute atomic E-state index is 0.320. The quantitative estimate of drug-likeness (QED) is 0.887. The molecule has 1 saturated heterocycles. The van der Waals surface area contributed by atoms with Gasteiger partial charge in [0.25, 0.3) is 0 Å². The lowest BCUT2D eigenvalue weighted by molar-refractivity contribution is 0.202. The number of hydrogen-bond donors (Lipinski definition) is 1. The highest BCUT2D eigenvalue weighted by Crippen LogP contribution is 2.35. The molecule has 0 unspecified atom stereocenters. The van der Waals surface area contributed by atoms with Gasteiger partial charge in [0, 0.05) is 25.6 Å². The maximum absolute atomic E-state index is 9.13. The molecule has 2 heterocycles. The Kier molecular flexibility index (Phi) is 3.46. The Hall–Kier alpha value is -1.16. The van der Waals surface area contributed by atoms with E-state index in [1.807, 2.05) is 0 Å². The monoisotopic (exact) mass is 247 g/mol. The highest BCUT2D eigenvalue weighted by atomic mass is 16.3. The van der Waals surface area contributed by atoms with Crippen molar-refractivity contribution in [3.05, 3.63) is 17.8 Å². The second kappa shape index (κ2) is 5.22. The maximum atomic E-state index is 9.13. The lowest BCUT2D eigenvalue weighted by Gasteiger charge is -2.32. The second-order valence-electron chi connectivity index (χ2n) is 5.56. The van der Waals surface area contributed by atoms with Gasteiger partial charge < -0.3 is 10.0 Å². The van der Waals surface area contributed by atoms with Crippen molar-refractivity contribution in [1.29, 1.82) is 0 Å². The van der Waals surface area contributed by atoms with E-state index in [-0.39, 0.29) is 0 Å². The first-order valence-corrected chi connectivity index (χ1v) is 7.06. The minimum atomic E-state index is 0.320. The van der Waals surface area contributed by atoms with Crippen molar-refractivity contribution >= 4 is 5.82 Å². The van der Waals surface area contributed by atoms with Gasteiger partial charge in [-0.3, -0.25) is 0 Å². The van der Waals surface area contributed by atoms with Gasteiger partial charge in [0.15, 0.2) is 5.82 Å². The normalized spacial score (nSPS) is 21.9. The number of piperidine rings is 1. The molecule has 2 aliphatic rings. The average Bonchev–Trinajstić information content (AvgIpc) is 2.38. The Bertz CT molecular complexity index is 381. The third kappa shape index (κ3) is 2.34. The summed E-state index contributed by atoms with van der Waals surface area (Å²) in [6, 6.07) is 4.25. The van der Waals surface area contributed by atoms with Crippen LogP contribution in [-0.2, 0) is 0 Å². The van der Waals surface area contributed by atoms with Crippen molar-refractivity contribution in [3.63, 3.8) is 0 Å². The van der Waals surface area contributed by atoms with Crippen molar-refractivity contribution in [2.45, 2.75) is 38.0 Å². The van der Waals surface area contributed by atoms with Crippen LogP contribution >= 0.6 is 0 Å². The largest absolute Gasteiger partial charge is 0.396 e. The third-order valence-corrected chi connectivity index (χ3v) is 4.39. The van der Waals surface area contributed by atoms with Crippen LogP contribution in [0.25, 0.3) is 0 Å². The van der Waals surface area contributed by atoms with E-state index in [9.17, 15) is 0 Å². The van der Waals surface area contributed by atoms with Crippen molar-refractivity contribution in [2.24, 2.45) is 5.92 Å². The molecule has 0 bridgehead atoms. The van der Waals surface area contributed by atoms with Crippen molar-refractivity contribution in [2.75, 3.05) is 24.6 Å². The highest BCUT2D eigenvalue weighted by molar-refractivity contribution is 5.38. The highest BCUT2D eigenvalue weighted by Gasteiger charge is 2.23. The van der Waals surface area contributed by atoms with E-state index < -0.39 is 0 Å². The van der Waals surface area contributed by atoms with E-state index in [1.54, 1.807) is 0 Å². The molecule has 0 atom stereocenters. The summed E-state index contributed by atoms with van der Waals surface area (Å²) in [6.45, 7) is 2.30. The molecule has 4 nitrogen and oxygen atoms in total. The summed E-state index contributed by atoms with van der Waals surface area (Å²) in [5.41, 5.74) is 1.16. The van der Waals surface area contributed by atoms with Crippen LogP contribution in [0, 0.1) is 5.92 Å². The summed E-state index contributed by atoms with van der Waals surface area (Å²) in [7, 11) is 0. The van der Waals surface area contributed by atoms with Crippen LogP contribution in [0.2, 0.25) is 0 Å². The van der Waals surface area contributed by atoms with Gasteiger partial charge in [-0.15, -0.1) is 5.10 Å². The number of aliphatic hydroxyl groups is 1. The molecule has 98 valence electrons. The number of rotatable bonds is 3. The molecule has 1 N–H and O–H groups in total. The van der Waals surface area contributed by atoms with Gasteiger partial charge >= 0.3 is 0 Å². The maximum Gasteiger partial charge on any atom is 0.151 e. The van der Waals surface area contributed by atoms with Crippen LogP contribution in [0.5, 0.6) is 0 Å². The second-order valence-corrected chi connectivity index (χ2v) is 5.56. The van der Waals surface area contributed by atoms with Crippen LogP contribution in [0.1, 0.15) is 43.7 Å². The van der Waals surface area contributed by atoms with Crippen molar-refractivity contribution in [3.8, 4) is 0 Å². The van der Waals surface area contributed by atoms with Gasteiger partial charge in [0.1, 0.15) is 0 Å². The van der Waals surface area contributed by atoms with Crippen molar-refractivity contribution in [1.82, 2.24) is 10.2 Å². The van der Waals surface area contributed by atoms with Crippen LogP contribution in [0.15, 0.2) is 12.1 Å². The van der Waals surface area contributed by atoms with E-state index in [0.717, 1.165) is 37.4 Å². The Morgan fingerprint density at radius 2 is 1.89 bits per heavy atom. The first kappa shape index (κ1) is 11.9. The molecule has 1 aromatic rings. The standard InChI is InChI=1S/C14H21N3O/c18-10-11-6-8-17(9-7-11)14-5-4-13(15-16-14)12-2-1-3-12/h4-5,11-12,18H,1-3,6-10H2. The van der Waals surface area contributed by atoms with Crippen LogP contribution in [0.4, 0.5) is 5.82 Å². The van der Waals surface area contributed by atoms with E-state index >= 15 is 0 Å². The van der Waals surface area contributed by atoms with Gasteiger partial charge in [-0.05, 0) is 43.7 Å². The summed E-state index contributed by atoms with van der Waals surface area (Å²) >= 11 is 0. The molecule has 18 heavy (non-hydrogen) atoms. The molecule has 1 aliphatic heterocycles. The Morgan fingerprint density at radius 3 is 2.39 bits per heavy atom. The lowest BCUT2D eigenvalue weighted by atomic mass is 9.83. The average molecular weight is 247 g/mol. The zero-order valence-electron chi connectivity index (χ0n) is 10.8. The van der Waals surface area contributed by atoms with E-state index in [4.69, 9.17) is 5.11 Å². The number of aliphatic hydroxyl groups excluding tert-OH is 1. The van der Waals surface area contributed by atoms with Gasteiger partial charge in [-0.2, -0.15) is 5.10 Å². The SMILES string of the molecule is OCC1CCN(c2ccc(C3CCC3)nn2)CC1. The molecule has 0 spiro atoms. The Morgan fingerprint density at radius 1 is 1.11 bits per heavy atom. The predicted molar refractivity (Wildman–Crippen MR) is 70.6 cm³/mol. The smallest absolute Gasteiger partial charge is 0.151 e. The molecular weight excluding hydrogens is 226 g/mol. The number of aromatic nitrogens is 2. The summed E-state index contributed by atoms with van der Waals surface area (Å²) < 4.78 is 0. The molecule has 0 aromatic carbocycles. The fourth-order valence-electron chi connectivity index (χ4n) is 2.77. The lowest BCUT2D eigenvalue weighted by Crippen LogP contribution is -2.35. The van der Waals surface area contributed by atoms with E-state index in [1.165, 1.54) is 19.3 Å². The number of hydrogen-bond acceptors (Lipinski definition) is 4. The van der Waals surface area contributed by atoms with Crippen LogP contribution in [0.3, 0.4) is 0 Å². The first-order valence-electron chi connectivity index (χ1n) is 7.06. The molecular formula is C14H21N3O. The van der Waals surface area contributed by atoms with Gasteiger partial charge in [-0.1, -0.05) is 6.42 Å². The molecule has 0 radical (unpaired) electrons. The third-order valence-electron chi connectivity index (χ3n) is 4.39. The molecule has 0 amide bonds. The minimum Gasteiger partial charge on any atom is -0.396 e. The Balaban J connectivity index is 1.62. The summed E-state index contributed by atoms with van der Waals surface area (Å²) in [5.74, 6) is 2.13. The van der Waals surface area contributed by atoms with Crippen LogP contribution in [-0.4, -0.2) is 35.0 Å². The topological polar surface area (TPSA) is 49.2 Å². The van der Waals surface area contributed by atoms with Crippen LogP contribution < -0.4 is 4.90 Å². The number of nitrogens with zero attached hydrogens (tertiary/aromatic N) is 3. The number of anilines is 1. The molecule has 1 saturated carbocycles. The molecule has 3 rings (SSSR count). The van der Waals surface area contributed by atoms with Gasteiger partial charge in [0.05, 0.1) is 5.69 Å². The Labute approximate surface area is 108 Å². The summed E-state index contributed by atoms with van der Waals surface area (Å²) in [6.07, 6.45) is 6.00. The fraction of sp³-hybridized carbons (Fsp3) is 0.714. The molecule has 1 aromatic heterocycles. The predicted octanol–water partition coefficient (Wildman–Crippen LogP) is 1.95. The fourth-order valence-corrected chi connectivity index (χ4v) is 2.77. The van der Waals surface area contributed by atoms with Crippen molar-refractivity contribution < 1.29 is 5.11 Å². The van der Waals surface area contributed by atoms with E-state index in [2.05, 4.69) is 27.2 Å². The molecule has 1 aliphatic carbocycles. The summed E-state index contributed by atoms with van der Waals surface area (Å²) in [4.78, 5) is 2.28. The molecule has 4 heteroatoms. The first-order chi connectivity index (χ1) is 8.86. The zero-order chi connectivity index (χ0) is 12.4. The van der Waals surface area contributed by atoms with Gasteiger partial charge in [0.2, 0.25) is 0 Å². The molecule has 2 fully saturated rings. The summed E-state index contributed by atoms with van der Waals surface area (Å²) in [5, 5.41) is 17.9. The zero-order valence-corrected chi connectivity index (χ0v) is 10.8. The van der Waals surface area contributed by atoms with E-state index in [0.29, 0.717) is 18.4 Å².